The van der Waals surface area contributed by atoms with E-state index in [-0.39, 0.29) is 0 Å². The van der Waals surface area contributed by atoms with Gasteiger partial charge in [0.05, 0.1) is 28.5 Å². The van der Waals surface area contributed by atoms with E-state index >= 15 is 0 Å². The minimum absolute atomic E-state index is 0.772. The monoisotopic (exact) mass is 602 g/mol. The van der Waals surface area contributed by atoms with E-state index in [0.717, 1.165) is 79.6 Å². The van der Waals surface area contributed by atoms with Crippen LogP contribution in [0.5, 0.6) is 0 Å². The van der Waals surface area contributed by atoms with E-state index in [1.807, 2.05) is 36.7 Å². The van der Waals surface area contributed by atoms with Crippen LogP contribution in [0.4, 0.5) is 23.0 Å². The van der Waals surface area contributed by atoms with Gasteiger partial charge in [-0.25, -0.2) is 19.9 Å². The molecule has 0 saturated carbocycles. The first-order chi connectivity index (χ1) is 20.1. The van der Waals surface area contributed by atoms with E-state index in [0.29, 0.717) is 0 Å². The second kappa shape index (κ2) is 10.4. The Kier molecular flexibility index (Phi) is 6.32. The van der Waals surface area contributed by atoms with Crippen molar-refractivity contribution < 1.29 is 0 Å². The molecular formula is C30H23BrN10. The van der Waals surface area contributed by atoms with Crippen LogP contribution in [0.2, 0.25) is 0 Å². The molecule has 4 aromatic heterocycles. The molecule has 0 atom stereocenters. The minimum atomic E-state index is 0.772. The van der Waals surface area contributed by atoms with Crippen LogP contribution in [0.3, 0.4) is 0 Å². The van der Waals surface area contributed by atoms with E-state index in [1.54, 1.807) is 18.7 Å². The predicted molar refractivity (Wildman–Crippen MR) is 168 cm³/mol. The molecule has 6 aromatic rings. The Labute approximate surface area is 243 Å². The summed E-state index contributed by atoms with van der Waals surface area (Å²) in [4.78, 5) is 31.9. The molecule has 6 heterocycles. The maximum atomic E-state index is 4.33. The molecule has 200 valence electrons. The zero-order valence-corrected chi connectivity index (χ0v) is 23.3. The van der Waals surface area contributed by atoms with Crippen molar-refractivity contribution in [2.24, 2.45) is 9.98 Å². The van der Waals surface area contributed by atoms with Crippen molar-refractivity contribution in [2.45, 2.75) is 13.1 Å². The molecular weight excluding hydrogens is 580 g/mol. The molecule has 0 bridgehead atoms. The number of hydrogen-bond acceptors (Lipinski definition) is 8. The zero-order chi connectivity index (χ0) is 27.8. The Morgan fingerprint density at radius 2 is 1.27 bits per heavy atom. The van der Waals surface area contributed by atoms with Gasteiger partial charge in [-0.1, -0.05) is 18.7 Å². The highest BCUT2D eigenvalue weighted by atomic mass is 79.9. The average molecular weight is 603 g/mol. The number of aliphatic imine (C=N–C) groups is 2. The molecule has 0 spiro atoms. The molecule has 2 aromatic carbocycles. The van der Waals surface area contributed by atoms with E-state index in [4.69, 9.17) is 0 Å². The van der Waals surface area contributed by atoms with Crippen LogP contribution in [0.25, 0.3) is 28.1 Å². The summed E-state index contributed by atoms with van der Waals surface area (Å²) >= 11 is 3.42. The molecule has 4 N–H and O–H groups in total. The highest BCUT2D eigenvalue weighted by Gasteiger charge is 2.11. The van der Waals surface area contributed by atoms with Crippen LogP contribution >= 0.6 is 15.9 Å². The van der Waals surface area contributed by atoms with Crippen LogP contribution < -0.4 is 10.6 Å². The number of benzene rings is 2. The number of nitrogens with one attached hydrogen (secondary N) is 4. The lowest BCUT2D eigenvalue weighted by Crippen LogP contribution is -1.96. The van der Waals surface area contributed by atoms with Crippen molar-refractivity contribution in [2.75, 3.05) is 10.6 Å². The molecule has 8 rings (SSSR count). The van der Waals surface area contributed by atoms with Crippen molar-refractivity contribution in [1.29, 1.82) is 0 Å². The third-order valence-corrected chi connectivity index (χ3v) is 7.29. The van der Waals surface area contributed by atoms with Gasteiger partial charge in [-0.2, -0.15) is 0 Å². The smallest absolute Gasteiger partial charge is 0.143 e. The number of halogens is 1. The lowest BCUT2D eigenvalue weighted by molar-refractivity contribution is 1.11. The first-order valence-corrected chi connectivity index (χ1v) is 13.7. The first-order valence-electron chi connectivity index (χ1n) is 12.9. The second-order valence-corrected chi connectivity index (χ2v) is 10.4. The number of fused-ring (bicyclic) bond motifs is 4. The lowest BCUT2D eigenvalue weighted by atomic mass is 10.1. The summed E-state index contributed by atoms with van der Waals surface area (Å²) in [6, 6.07) is 16.4. The van der Waals surface area contributed by atoms with Gasteiger partial charge in [0.25, 0.3) is 0 Å². The normalized spacial score (nSPS) is 12.7. The Hall–Kier alpha value is -5.16. The number of H-pyrrole nitrogens is 2. The van der Waals surface area contributed by atoms with Gasteiger partial charge in [0.2, 0.25) is 0 Å². The van der Waals surface area contributed by atoms with Gasteiger partial charge < -0.3 is 20.6 Å². The fraction of sp³-hybridized carbons (Fsp3) is 0.0667. The van der Waals surface area contributed by atoms with E-state index in [2.05, 4.69) is 97.3 Å². The molecule has 0 aliphatic carbocycles. The fourth-order valence-corrected chi connectivity index (χ4v) is 5.23. The Balaban J connectivity index is 0.000000135. The number of nitrogens with zero attached hydrogens (tertiary/aromatic N) is 6. The summed E-state index contributed by atoms with van der Waals surface area (Å²) in [5, 5.41) is 8.58. The predicted octanol–water partition coefficient (Wildman–Crippen LogP) is 6.67. The molecule has 2 aliphatic heterocycles. The van der Waals surface area contributed by atoms with Crippen molar-refractivity contribution in [3.8, 4) is 0 Å². The molecule has 0 radical (unpaired) electrons. The highest BCUT2D eigenvalue weighted by molar-refractivity contribution is 9.10. The largest absolute Gasteiger partial charge is 0.340 e. The van der Waals surface area contributed by atoms with Crippen molar-refractivity contribution in [3.05, 3.63) is 100 Å². The maximum Gasteiger partial charge on any atom is 0.143 e. The van der Waals surface area contributed by atoms with Crippen LogP contribution in [-0.2, 0) is 13.1 Å². The molecule has 2 aliphatic rings. The first kappa shape index (κ1) is 24.9. The standard InChI is InChI=1S/C16H13N5.C14H10BrN5/c1-2-12-6-14-15(20-12)18-9-19-16(14)21-13-4-3-10-7-17-8-11(10)5-13;15-12-4-11-13(17-7-18-14(11)20-12)19-10-2-1-8-5-16-6-9(8)3-10/h2-6,8-9H,1,7H2,(H2,18,19,20,21);1-4,6-7H,5H2,(H2,17,18,19,20). The van der Waals surface area contributed by atoms with Gasteiger partial charge in [0, 0.05) is 29.5 Å². The van der Waals surface area contributed by atoms with Crippen molar-refractivity contribution in [1.82, 2.24) is 29.9 Å². The SMILES string of the molecule is Brc1cc2c(Nc3ccc4c(c3)C=NC4)ncnc2[nH]1.C=Cc1cc2c(Nc3ccc4c(c3)C=NC4)ncnc2[nH]1. The highest BCUT2D eigenvalue weighted by Crippen LogP contribution is 2.28. The molecule has 0 unspecified atom stereocenters. The Morgan fingerprint density at radius 1 is 0.707 bits per heavy atom. The van der Waals surface area contributed by atoms with Crippen LogP contribution in [0.15, 0.2) is 82.4 Å². The summed E-state index contributed by atoms with van der Waals surface area (Å²) in [7, 11) is 0. The Bertz CT molecular complexity index is 2000. The lowest BCUT2D eigenvalue weighted by Gasteiger charge is -2.07. The van der Waals surface area contributed by atoms with Gasteiger partial charge >= 0.3 is 0 Å². The summed E-state index contributed by atoms with van der Waals surface area (Å²) in [5.41, 5.74) is 9.34. The number of hydrogen-bond donors (Lipinski definition) is 4. The minimum Gasteiger partial charge on any atom is -0.340 e. The van der Waals surface area contributed by atoms with Gasteiger partial charge in [0.15, 0.2) is 0 Å². The third kappa shape index (κ3) is 4.98. The van der Waals surface area contributed by atoms with E-state index < -0.39 is 0 Å². The average Bonchev–Trinajstić information content (AvgIpc) is 3.78. The summed E-state index contributed by atoms with van der Waals surface area (Å²) in [5.74, 6) is 1.56. The van der Waals surface area contributed by atoms with E-state index in [1.165, 1.54) is 11.1 Å². The topological polar surface area (TPSA) is 132 Å². The van der Waals surface area contributed by atoms with Crippen molar-refractivity contribution in [3.63, 3.8) is 0 Å². The summed E-state index contributed by atoms with van der Waals surface area (Å²) in [6.07, 6.45) is 8.66. The fourth-order valence-electron chi connectivity index (χ4n) is 4.81. The van der Waals surface area contributed by atoms with Crippen LogP contribution in [-0.4, -0.2) is 42.3 Å². The molecule has 41 heavy (non-hydrogen) atoms. The number of anilines is 4. The van der Waals surface area contributed by atoms with Crippen molar-refractivity contribution >= 4 is 79.5 Å². The third-order valence-electron chi connectivity index (χ3n) is 6.86. The Morgan fingerprint density at radius 3 is 1.85 bits per heavy atom. The summed E-state index contributed by atoms with van der Waals surface area (Å²) < 4.78 is 0.886. The molecule has 0 amide bonds. The molecule has 10 nitrogen and oxygen atoms in total. The zero-order valence-electron chi connectivity index (χ0n) is 21.7. The van der Waals surface area contributed by atoms with E-state index in [9.17, 15) is 0 Å². The molecule has 11 heteroatoms. The quantitative estimate of drug-likeness (QED) is 0.174. The number of rotatable bonds is 5. The van der Waals surface area contributed by atoms with Crippen LogP contribution in [0, 0.1) is 0 Å². The number of aromatic amines is 2. The number of aromatic nitrogens is 6. The molecule has 0 saturated heterocycles. The second-order valence-electron chi connectivity index (χ2n) is 9.53. The molecule has 0 fully saturated rings. The van der Waals surface area contributed by atoms with Crippen LogP contribution in [0.1, 0.15) is 27.9 Å². The maximum absolute atomic E-state index is 4.33. The summed E-state index contributed by atoms with van der Waals surface area (Å²) in [6.45, 7) is 5.31. The van der Waals surface area contributed by atoms with Gasteiger partial charge in [-0.05, 0) is 80.7 Å². The van der Waals surface area contributed by atoms with Gasteiger partial charge in [-0.15, -0.1) is 0 Å². The van der Waals surface area contributed by atoms with Gasteiger partial charge in [-0.3, -0.25) is 9.98 Å². The van der Waals surface area contributed by atoms with Gasteiger partial charge in [0.1, 0.15) is 35.6 Å².